The fourth-order valence-electron chi connectivity index (χ4n) is 2.23. The van der Waals surface area contributed by atoms with E-state index in [2.05, 4.69) is 9.88 Å². The molecule has 0 saturated carbocycles. The molecule has 6 nitrogen and oxygen atoms in total. The summed E-state index contributed by atoms with van der Waals surface area (Å²) in [6.45, 7) is 6.64. The highest BCUT2D eigenvalue weighted by atomic mass is 16.2. The summed E-state index contributed by atoms with van der Waals surface area (Å²) in [6.07, 6.45) is 4.16. The van der Waals surface area contributed by atoms with Crippen molar-refractivity contribution in [2.75, 3.05) is 26.7 Å². The predicted octanol–water partition coefficient (Wildman–Crippen LogP) is 0.438. The van der Waals surface area contributed by atoms with Crippen LogP contribution < -0.4 is 5.73 Å². The molecular formula is C14H27N5O. The van der Waals surface area contributed by atoms with Gasteiger partial charge in [-0.1, -0.05) is 0 Å². The van der Waals surface area contributed by atoms with Crippen molar-refractivity contribution in [1.29, 1.82) is 0 Å². The Hall–Kier alpha value is -1.40. The molecule has 0 spiro atoms. The van der Waals surface area contributed by atoms with Crippen molar-refractivity contribution < 1.29 is 4.79 Å². The Kier molecular flexibility index (Phi) is 6.67. The van der Waals surface area contributed by atoms with Gasteiger partial charge in [0.25, 0.3) is 0 Å². The number of nitrogens with zero attached hydrogens (tertiary/aromatic N) is 4. The van der Waals surface area contributed by atoms with Crippen LogP contribution in [0.15, 0.2) is 12.4 Å². The quantitative estimate of drug-likeness (QED) is 0.751. The normalized spacial score (nSPS) is 12.7. The maximum Gasteiger partial charge on any atom is 0.224 e. The van der Waals surface area contributed by atoms with Crippen LogP contribution in [0.1, 0.15) is 26.1 Å². The molecule has 1 heterocycles. The maximum atomic E-state index is 12.2. The van der Waals surface area contributed by atoms with Gasteiger partial charge in [0.1, 0.15) is 5.82 Å². The largest absolute Gasteiger partial charge is 0.343 e. The van der Waals surface area contributed by atoms with E-state index in [-0.39, 0.29) is 11.9 Å². The van der Waals surface area contributed by atoms with Gasteiger partial charge in [0.05, 0.1) is 6.54 Å². The average Bonchev–Trinajstić information content (AvgIpc) is 2.82. The Morgan fingerprint density at radius 1 is 1.45 bits per heavy atom. The number of aromatic nitrogens is 2. The van der Waals surface area contributed by atoms with E-state index < -0.39 is 0 Å². The first-order valence-corrected chi connectivity index (χ1v) is 7.17. The van der Waals surface area contributed by atoms with E-state index in [1.807, 2.05) is 43.6 Å². The molecule has 6 heteroatoms. The lowest BCUT2D eigenvalue weighted by Gasteiger charge is -2.28. The number of amides is 1. The molecule has 1 amide bonds. The lowest BCUT2D eigenvalue weighted by Crippen LogP contribution is -2.43. The molecular weight excluding hydrogens is 254 g/mol. The highest BCUT2D eigenvalue weighted by molar-refractivity contribution is 5.76. The van der Waals surface area contributed by atoms with Gasteiger partial charge in [-0.25, -0.2) is 4.98 Å². The summed E-state index contributed by atoms with van der Waals surface area (Å²) in [7, 11) is 3.95. The van der Waals surface area contributed by atoms with Gasteiger partial charge in [0.15, 0.2) is 0 Å². The van der Waals surface area contributed by atoms with Crippen molar-refractivity contribution in [2.45, 2.75) is 32.9 Å². The molecule has 0 bridgehead atoms. The van der Waals surface area contributed by atoms with Crippen molar-refractivity contribution in [1.82, 2.24) is 19.4 Å². The molecule has 0 aliphatic rings. The molecule has 114 valence electrons. The highest BCUT2D eigenvalue weighted by Crippen LogP contribution is 2.08. The minimum Gasteiger partial charge on any atom is -0.343 e. The van der Waals surface area contributed by atoms with Gasteiger partial charge >= 0.3 is 0 Å². The third kappa shape index (κ3) is 4.31. The SMILES string of the molecule is CCN(CC)C(=O)CC(CN)N(C)Cc1nccn1C. The smallest absolute Gasteiger partial charge is 0.224 e. The van der Waals surface area contributed by atoms with Gasteiger partial charge in [0, 0.05) is 51.5 Å². The number of likely N-dealkylation sites (N-methyl/N-ethyl adjacent to an activating group) is 1. The number of imidazole rings is 1. The number of carbonyl (C=O) groups is 1. The van der Waals surface area contributed by atoms with Crippen molar-refractivity contribution in [3.05, 3.63) is 18.2 Å². The highest BCUT2D eigenvalue weighted by Gasteiger charge is 2.20. The van der Waals surface area contributed by atoms with Crippen molar-refractivity contribution in [3.63, 3.8) is 0 Å². The summed E-state index contributed by atoms with van der Waals surface area (Å²) in [5.74, 6) is 1.14. The number of rotatable bonds is 8. The zero-order valence-electron chi connectivity index (χ0n) is 13.0. The van der Waals surface area contributed by atoms with Crippen molar-refractivity contribution in [2.24, 2.45) is 12.8 Å². The van der Waals surface area contributed by atoms with Crippen LogP contribution in [-0.2, 0) is 18.4 Å². The molecule has 1 atom stereocenters. The topological polar surface area (TPSA) is 67.4 Å². The molecule has 1 aromatic rings. The minimum absolute atomic E-state index is 0.0415. The molecule has 1 rings (SSSR count). The van der Waals surface area contributed by atoms with Crippen molar-refractivity contribution >= 4 is 5.91 Å². The number of carbonyl (C=O) groups excluding carboxylic acids is 1. The Bertz CT molecular complexity index is 413. The third-order valence-corrected chi connectivity index (χ3v) is 3.73. The van der Waals surface area contributed by atoms with Crippen LogP contribution in [-0.4, -0.2) is 58.0 Å². The predicted molar refractivity (Wildman–Crippen MR) is 80.1 cm³/mol. The summed E-state index contributed by atoms with van der Waals surface area (Å²) in [6, 6.07) is 0.0415. The molecule has 2 N–H and O–H groups in total. The summed E-state index contributed by atoms with van der Waals surface area (Å²) in [4.78, 5) is 20.4. The molecule has 0 aliphatic carbocycles. The first kappa shape index (κ1) is 16.7. The van der Waals surface area contributed by atoms with E-state index in [0.717, 1.165) is 18.9 Å². The van der Waals surface area contributed by atoms with Gasteiger partial charge in [-0.3, -0.25) is 9.69 Å². The van der Waals surface area contributed by atoms with E-state index in [1.54, 1.807) is 6.20 Å². The zero-order chi connectivity index (χ0) is 15.1. The van der Waals surface area contributed by atoms with Gasteiger partial charge < -0.3 is 15.2 Å². The Balaban J connectivity index is 2.61. The summed E-state index contributed by atoms with van der Waals surface area (Å²) in [5.41, 5.74) is 5.83. The fourth-order valence-corrected chi connectivity index (χ4v) is 2.23. The van der Waals surface area contributed by atoms with Crippen LogP contribution in [0.2, 0.25) is 0 Å². The van der Waals surface area contributed by atoms with E-state index in [9.17, 15) is 4.79 Å². The molecule has 0 radical (unpaired) electrons. The molecule has 1 unspecified atom stereocenters. The van der Waals surface area contributed by atoms with Gasteiger partial charge in [-0.15, -0.1) is 0 Å². The number of nitrogens with two attached hydrogens (primary N) is 1. The lowest BCUT2D eigenvalue weighted by atomic mass is 10.1. The minimum atomic E-state index is 0.0415. The molecule has 20 heavy (non-hydrogen) atoms. The molecule has 0 aliphatic heterocycles. The van der Waals surface area contributed by atoms with E-state index in [1.165, 1.54) is 0 Å². The van der Waals surface area contributed by atoms with Crippen LogP contribution >= 0.6 is 0 Å². The second-order valence-corrected chi connectivity index (χ2v) is 5.03. The zero-order valence-corrected chi connectivity index (χ0v) is 13.0. The average molecular weight is 281 g/mol. The summed E-state index contributed by atoms with van der Waals surface area (Å²) in [5, 5.41) is 0. The van der Waals surface area contributed by atoms with E-state index >= 15 is 0 Å². The van der Waals surface area contributed by atoms with Gasteiger partial charge in [-0.05, 0) is 20.9 Å². The van der Waals surface area contributed by atoms with Crippen LogP contribution in [0.5, 0.6) is 0 Å². The van der Waals surface area contributed by atoms with Gasteiger partial charge in [-0.2, -0.15) is 0 Å². The number of hydrogen-bond donors (Lipinski definition) is 1. The summed E-state index contributed by atoms with van der Waals surface area (Å²) >= 11 is 0. The number of hydrogen-bond acceptors (Lipinski definition) is 4. The summed E-state index contributed by atoms with van der Waals surface area (Å²) < 4.78 is 1.98. The molecule has 0 fully saturated rings. The Labute approximate surface area is 121 Å². The lowest BCUT2D eigenvalue weighted by molar-refractivity contribution is -0.132. The van der Waals surface area contributed by atoms with Crippen LogP contribution in [0.25, 0.3) is 0 Å². The first-order valence-electron chi connectivity index (χ1n) is 7.17. The van der Waals surface area contributed by atoms with Crippen LogP contribution in [0.3, 0.4) is 0 Å². The van der Waals surface area contributed by atoms with Crippen LogP contribution in [0, 0.1) is 0 Å². The molecule has 0 saturated heterocycles. The fraction of sp³-hybridized carbons (Fsp3) is 0.714. The third-order valence-electron chi connectivity index (χ3n) is 3.73. The van der Waals surface area contributed by atoms with Gasteiger partial charge in [0.2, 0.25) is 5.91 Å². The monoisotopic (exact) mass is 281 g/mol. The van der Waals surface area contributed by atoms with E-state index in [0.29, 0.717) is 19.5 Å². The second-order valence-electron chi connectivity index (χ2n) is 5.03. The Morgan fingerprint density at radius 2 is 2.10 bits per heavy atom. The van der Waals surface area contributed by atoms with Crippen LogP contribution in [0.4, 0.5) is 0 Å². The standard InChI is InChI=1S/C14H27N5O/c1-5-19(6-2)14(20)9-12(10-15)18(4)11-13-16-7-8-17(13)3/h7-8,12H,5-6,9-11,15H2,1-4H3. The molecule has 1 aromatic heterocycles. The Morgan fingerprint density at radius 3 is 2.55 bits per heavy atom. The van der Waals surface area contributed by atoms with E-state index in [4.69, 9.17) is 5.73 Å². The first-order chi connectivity index (χ1) is 9.53. The molecule has 0 aromatic carbocycles. The van der Waals surface area contributed by atoms with Crippen molar-refractivity contribution in [3.8, 4) is 0 Å². The number of aryl methyl sites for hydroxylation is 1. The maximum absolute atomic E-state index is 12.2. The second kappa shape index (κ2) is 8.01.